The molecule has 2 atom stereocenters. The Morgan fingerprint density at radius 2 is 1.78 bits per heavy atom. The first-order valence-electron chi connectivity index (χ1n) is 9.36. The quantitative estimate of drug-likeness (QED) is 0.569. The lowest BCUT2D eigenvalue weighted by Gasteiger charge is -2.25. The van der Waals surface area contributed by atoms with E-state index in [1.54, 1.807) is 0 Å². The van der Waals surface area contributed by atoms with E-state index in [2.05, 4.69) is 27.7 Å². The summed E-state index contributed by atoms with van der Waals surface area (Å²) in [6.07, 6.45) is 5.41. The van der Waals surface area contributed by atoms with Crippen LogP contribution in [0.15, 0.2) is 0 Å². The minimum absolute atomic E-state index is 0.148. The van der Waals surface area contributed by atoms with Gasteiger partial charge in [0.25, 0.3) is 0 Å². The Kier molecular flexibility index (Phi) is 9.15. The third-order valence-electron chi connectivity index (χ3n) is 4.21. The molecule has 2 unspecified atom stereocenters. The van der Waals surface area contributed by atoms with Gasteiger partial charge in [-0.25, -0.2) is 0 Å². The Balaban J connectivity index is 2.50. The summed E-state index contributed by atoms with van der Waals surface area (Å²) in [7, 11) is 0. The maximum absolute atomic E-state index is 12.6. The number of rotatable bonds is 10. The first-order valence-corrected chi connectivity index (χ1v) is 9.36. The third-order valence-corrected chi connectivity index (χ3v) is 4.21. The predicted octanol–water partition coefficient (Wildman–Crippen LogP) is 4.02. The number of hydrogen-bond acceptors (Lipinski definition) is 3. The third kappa shape index (κ3) is 8.16. The Labute approximate surface area is 142 Å². The van der Waals surface area contributed by atoms with Crippen LogP contribution >= 0.6 is 0 Å². The van der Waals surface area contributed by atoms with Gasteiger partial charge >= 0.3 is 0 Å². The van der Waals surface area contributed by atoms with Crippen LogP contribution in [-0.2, 0) is 14.3 Å². The normalized spacial score (nSPS) is 21.9. The molecule has 0 N–H and O–H groups in total. The summed E-state index contributed by atoms with van der Waals surface area (Å²) in [4.78, 5) is 14.6. The summed E-state index contributed by atoms with van der Waals surface area (Å²) in [6, 6.07) is 0.166. The molecular weight excluding hydrogens is 290 g/mol. The Morgan fingerprint density at radius 1 is 1.09 bits per heavy atom. The van der Waals surface area contributed by atoms with E-state index in [-0.39, 0.29) is 30.3 Å². The zero-order chi connectivity index (χ0) is 17.4. The van der Waals surface area contributed by atoms with Gasteiger partial charge in [-0.1, -0.05) is 26.7 Å². The summed E-state index contributed by atoms with van der Waals surface area (Å²) in [5, 5.41) is 0. The highest BCUT2D eigenvalue weighted by atomic mass is 16.5. The number of carbonyl (C=O) groups excluding carboxylic acids is 1. The lowest BCUT2D eigenvalue weighted by atomic mass is 10.1. The molecule has 23 heavy (non-hydrogen) atoms. The van der Waals surface area contributed by atoms with Crippen molar-refractivity contribution >= 4 is 5.91 Å². The molecule has 0 radical (unpaired) electrons. The van der Waals surface area contributed by atoms with Gasteiger partial charge < -0.3 is 14.4 Å². The van der Waals surface area contributed by atoms with Crippen LogP contribution in [0.1, 0.15) is 73.6 Å². The molecular formula is C19H37NO3. The summed E-state index contributed by atoms with van der Waals surface area (Å²) < 4.78 is 11.7. The molecule has 0 aliphatic carbocycles. The molecule has 1 aliphatic rings. The van der Waals surface area contributed by atoms with Crippen LogP contribution in [0.4, 0.5) is 0 Å². The fourth-order valence-electron chi connectivity index (χ4n) is 3.10. The Bertz CT molecular complexity index is 342. The molecule has 1 fully saturated rings. The van der Waals surface area contributed by atoms with Crippen molar-refractivity contribution in [2.45, 2.75) is 98.0 Å². The molecule has 0 aromatic rings. The molecule has 0 aromatic heterocycles. The van der Waals surface area contributed by atoms with E-state index in [0.29, 0.717) is 25.5 Å². The van der Waals surface area contributed by atoms with E-state index in [0.717, 1.165) is 19.3 Å². The fourth-order valence-corrected chi connectivity index (χ4v) is 3.10. The molecule has 1 heterocycles. The number of unbranched alkanes of at least 4 members (excludes halogenated alkanes) is 1. The molecule has 1 amide bonds. The van der Waals surface area contributed by atoms with Crippen LogP contribution in [0, 0.1) is 5.92 Å². The van der Waals surface area contributed by atoms with Gasteiger partial charge in [0.15, 0.2) is 0 Å². The summed E-state index contributed by atoms with van der Waals surface area (Å²) in [5.41, 5.74) is 0. The predicted molar refractivity (Wildman–Crippen MR) is 94.5 cm³/mol. The molecule has 0 spiro atoms. The zero-order valence-corrected chi connectivity index (χ0v) is 16.0. The summed E-state index contributed by atoms with van der Waals surface area (Å²) in [6.45, 7) is 14.0. The van der Waals surface area contributed by atoms with Crippen molar-refractivity contribution in [1.82, 2.24) is 4.90 Å². The second-order valence-corrected chi connectivity index (χ2v) is 7.76. The zero-order valence-electron chi connectivity index (χ0n) is 16.0. The molecule has 4 nitrogen and oxygen atoms in total. The van der Waals surface area contributed by atoms with Gasteiger partial charge in [-0.2, -0.15) is 0 Å². The molecule has 1 aliphatic heterocycles. The first-order chi connectivity index (χ1) is 10.8. The number of nitrogens with zero attached hydrogens (tertiary/aromatic N) is 1. The van der Waals surface area contributed by atoms with Gasteiger partial charge in [-0.15, -0.1) is 0 Å². The van der Waals surface area contributed by atoms with Crippen molar-refractivity contribution in [3.05, 3.63) is 0 Å². The minimum Gasteiger partial charge on any atom is -0.377 e. The highest BCUT2D eigenvalue weighted by molar-refractivity contribution is 5.76. The van der Waals surface area contributed by atoms with E-state index < -0.39 is 0 Å². The van der Waals surface area contributed by atoms with Gasteiger partial charge in [-0.05, 0) is 46.5 Å². The van der Waals surface area contributed by atoms with Gasteiger partial charge in [0.05, 0.1) is 31.0 Å². The van der Waals surface area contributed by atoms with Gasteiger partial charge in [0, 0.05) is 13.0 Å². The van der Waals surface area contributed by atoms with E-state index in [4.69, 9.17) is 9.47 Å². The second kappa shape index (κ2) is 10.3. The highest BCUT2D eigenvalue weighted by Gasteiger charge is 2.36. The van der Waals surface area contributed by atoms with Crippen LogP contribution in [0.25, 0.3) is 0 Å². The molecule has 136 valence electrons. The van der Waals surface area contributed by atoms with Gasteiger partial charge in [0.1, 0.15) is 0 Å². The minimum atomic E-state index is 0.148. The number of amides is 1. The van der Waals surface area contributed by atoms with Crippen LogP contribution in [0.5, 0.6) is 0 Å². The number of ether oxygens (including phenoxy) is 2. The summed E-state index contributed by atoms with van der Waals surface area (Å²) >= 11 is 0. The maximum Gasteiger partial charge on any atom is 0.222 e. The standard InChI is InChI=1S/C19H37NO3/c1-14(2)9-7-8-10-19(21)20-12-18(23-16(5)6)11-17(20)13-22-15(3)4/h14-18H,7-13H2,1-6H3. The number of hydrogen-bond donors (Lipinski definition) is 0. The Hall–Kier alpha value is -0.610. The maximum atomic E-state index is 12.6. The lowest BCUT2D eigenvalue weighted by molar-refractivity contribution is -0.134. The average Bonchev–Trinajstić information content (AvgIpc) is 2.83. The molecule has 0 saturated carbocycles. The lowest BCUT2D eigenvalue weighted by Crippen LogP contribution is -2.39. The smallest absolute Gasteiger partial charge is 0.222 e. The van der Waals surface area contributed by atoms with Gasteiger partial charge in [0.2, 0.25) is 5.91 Å². The SMILES string of the molecule is CC(C)CCCCC(=O)N1CC(OC(C)C)CC1COC(C)C. The molecule has 4 heteroatoms. The largest absolute Gasteiger partial charge is 0.377 e. The van der Waals surface area contributed by atoms with Crippen molar-refractivity contribution < 1.29 is 14.3 Å². The fraction of sp³-hybridized carbons (Fsp3) is 0.947. The van der Waals surface area contributed by atoms with Crippen molar-refractivity contribution in [2.24, 2.45) is 5.92 Å². The molecule has 0 aromatic carbocycles. The van der Waals surface area contributed by atoms with Crippen molar-refractivity contribution in [3.63, 3.8) is 0 Å². The van der Waals surface area contributed by atoms with E-state index in [9.17, 15) is 4.79 Å². The van der Waals surface area contributed by atoms with E-state index >= 15 is 0 Å². The van der Waals surface area contributed by atoms with Crippen molar-refractivity contribution in [2.75, 3.05) is 13.2 Å². The van der Waals surface area contributed by atoms with Crippen molar-refractivity contribution in [3.8, 4) is 0 Å². The van der Waals surface area contributed by atoms with Gasteiger partial charge in [-0.3, -0.25) is 4.79 Å². The monoisotopic (exact) mass is 327 g/mol. The van der Waals surface area contributed by atoms with Crippen LogP contribution in [0.3, 0.4) is 0 Å². The molecule has 1 saturated heterocycles. The topological polar surface area (TPSA) is 38.8 Å². The number of likely N-dealkylation sites (tertiary alicyclic amines) is 1. The first kappa shape index (κ1) is 20.4. The second-order valence-electron chi connectivity index (χ2n) is 7.76. The number of carbonyl (C=O) groups is 1. The molecule has 1 rings (SSSR count). The average molecular weight is 328 g/mol. The van der Waals surface area contributed by atoms with E-state index in [1.165, 1.54) is 6.42 Å². The molecule has 0 bridgehead atoms. The highest BCUT2D eigenvalue weighted by Crippen LogP contribution is 2.24. The van der Waals surface area contributed by atoms with Crippen LogP contribution < -0.4 is 0 Å². The van der Waals surface area contributed by atoms with Crippen molar-refractivity contribution in [1.29, 1.82) is 0 Å². The van der Waals surface area contributed by atoms with Crippen LogP contribution in [-0.4, -0.2) is 48.3 Å². The van der Waals surface area contributed by atoms with E-state index in [1.807, 2.05) is 18.7 Å². The van der Waals surface area contributed by atoms with Crippen LogP contribution in [0.2, 0.25) is 0 Å². The summed E-state index contributed by atoms with van der Waals surface area (Å²) in [5.74, 6) is 0.980. The Morgan fingerprint density at radius 3 is 2.35 bits per heavy atom.